The maximum absolute atomic E-state index is 17.3. The van der Waals surface area contributed by atoms with E-state index in [9.17, 15) is 4.79 Å². The topological polar surface area (TPSA) is 105 Å². The van der Waals surface area contributed by atoms with Gasteiger partial charge in [0, 0.05) is 56.3 Å². The van der Waals surface area contributed by atoms with E-state index in [2.05, 4.69) is 21.0 Å². The minimum Gasteiger partial charge on any atom is -0.474 e. The summed E-state index contributed by atoms with van der Waals surface area (Å²) in [5.41, 5.74) is 0.0319. The lowest BCUT2D eigenvalue weighted by Crippen LogP contribution is -2.51. The highest BCUT2D eigenvalue weighted by atomic mass is 19.1. The number of carbonyl (C=O) groups is 1. The van der Waals surface area contributed by atoms with E-state index in [1.165, 1.54) is 11.0 Å². The van der Waals surface area contributed by atoms with Crippen molar-refractivity contribution in [1.82, 2.24) is 30.1 Å². The molecule has 2 aromatic carbocycles. The number of nitrogens with zero attached hydrogens (tertiary/aromatic N) is 6. The second-order valence-corrected chi connectivity index (χ2v) is 15.3. The largest absolute Gasteiger partial charge is 0.474 e. The molecule has 4 saturated heterocycles. The highest BCUT2D eigenvalue weighted by Crippen LogP contribution is 2.44. The van der Waals surface area contributed by atoms with Crippen LogP contribution in [0.25, 0.3) is 32.9 Å². The third-order valence-corrected chi connectivity index (χ3v) is 11.2. The van der Waals surface area contributed by atoms with Crippen LogP contribution in [0.5, 0.6) is 11.9 Å². The van der Waals surface area contributed by atoms with Gasteiger partial charge in [-0.25, -0.2) is 18.6 Å². The summed E-state index contributed by atoms with van der Waals surface area (Å²) in [4.78, 5) is 32.8. The van der Waals surface area contributed by atoms with Gasteiger partial charge in [0.05, 0.1) is 17.2 Å². The van der Waals surface area contributed by atoms with Crippen LogP contribution in [0.3, 0.4) is 0 Å². The van der Waals surface area contributed by atoms with Crippen molar-refractivity contribution >= 4 is 33.6 Å². The minimum atomic E-state index is -0.702. The van der Waals surface area contributed by atoms with Crippen LogP contribution in [0, 0.1) is 24.0 Å². The molecule has 278 valence electrons. The Bertz CT molecular complexity index is 2110. The molecule has 0 saturated carbocycles. The molecule has 4 aliphatic rings. The zero-order valence-corrected chi connectivity index (χ0v) is 30.6. The zero-order valence-electron chi connectivity index (χ0n) is 30.6. The van der Waals surface area contributed by atoms with E-state index in [4.69, 9.17) is 35.6 Å². The number of benzene rings is 2. The van der Waals surface area contributed by atoms with E-state index < -0.39 is 11.6 Å². The first-order valence-corrected chi connectivity index (χ1v) is 18.6. The van der Waals surface area contributed by atoms with Crippen LogP contribution in [-0.2, 0) is 4.74 Å². The Kier molecular flexibility index (Phi) is 9.23. The number of carbonyl (C=O) groups excluding carboxylic acids is 1. The monoisotopic (exact) mass is 725 g/mol. The number of fused-ring (bicyclic) bond motifs is 5. The van der Waals surface area contributed by atoms with Gasteiger partial charge in [0.15, 0.2) is 5.82 Å². The van der Waals surface area contributed by atoms with Crippen LogP contribution >= 0.6 is 0 Å². The number of piperazine rings is 1. The average molecular weight is 726 g/mol. The Morgan fingerprint density at radius 1 is 1.08 bits per heavy atom. The van der Waals surface area contributed by atoms with Crippen molar-refractivity contribution in [1.29, 1.82) is 0 Å². The number of nitrogens with one attached hydrogen (secondary N) is 1. The molecule has 6 heterocycles. The zero-order chi connectivity index (χ0) is 37.0. The van der Waals surface area contributed by atoms with Gasteiger partial charge in [0.2, 0.25) is 5.88 Å². The van der Waals surface area contributed by atoms with Gasteiger partial charge in [-0.05, 0) is 70.4 Å². The van der Waals surface area contributed by atoms with E-state index in [1.54, 1.807) is 38.4 Å². The Morgan fingerprint density at radius 2 is 1.87 bits per heavy atom. The van der Waals surface area contributed by atoms with E-state index in [1.807, 2.05) is 13.8 Å². The first kappa shape index (κ1) is 35.2. The van der Waals surface area contributed by atoms with Crippen molar-refractivity contribution in [2.24, 2.45) is 0 Å². The maximum Gasteiger partial charge on any atom is 0.409 e. The lowest BCUT2D eigenvalue weighted by Gasteiger charge is -2.35. The van der Waals surface area contributed by atoms with Crippen molar-refractivity contribution in [3.63, 3.8) is 0 Å². The fourth-order valence-corrected chi connectivity index (χ4v) is 8.83. The summed E-state index contributed by atoms with van der Waals surface area (Å²) in [6.07, 6.45) is 10.8. The number of hydrogen-bond acceptors (Lipinski definition) is 10. The molecule has 13 heteroatoms. The molecule has 2 aromatic heterocycles. The fraction of sp³-hybridized carbons (Fsp3) is 0.500. The summed E-state index contributed by atoms with van der Waals surface area (Å²) >= 11 is 0. The molecule has 4 aliphatic heterocycles. The number of rotatable bonds is 9. The summed E-state index contributed by atoms with van der Waals surface area (Å²) < 4.78 is 50.9. The second-order valence-electron chi connectivity index (χ2n) is 15.3. The first-order valence-electron chi connectivity index (χ1n) is 18.6. The van der Waals surface area contributed by atoms with Gasteiger partial charge < -0.3 is 29.3 Å². The minimum absolute atomic E-state index is 0.00728. The van der Waals surface area contributed by atoms with Crippen LogP contribution in [0.4, 0.5) is 19.4 Å². The average Bonchev–Trinajstić information content (AvgIpc) is 3.82. The van der Waals surface area contributed by atoms with Crippen LogP contribution in [0.1, 0.15) is 57.9 Å². The van der Waals surface area contributed by atoms with E-state index >= 15 is 8.78 Å². The summed E-state index contributed by atoms with van der Waals surface area (Å²) in [6, 6.07) is 8.87. The quantitative estimate of drug-likeness (QED) is 0.210. The van der Waals surface area contributed by atoms with Gasteiger partial charge in [0.25, 0.3) is 0 Å². The normalized spacial score (nSPS) is 23.8. The number of terminal acetylenes is 1. The number of amides is 1. The van der Waals surface area contributed by atoms with Crippen molar-refractivity contribution < 1.29 is 27.8 Å². The van der Waals surface area contributed by atoms with Gasteiger partial charge in [-0.2, -0.15) is 9.97 Å². The SMILES string of the molecule is C#Cc1c(F)ccc2cccc(-c3nc(OC(C)C)c4c(N5CC6CCC(C5)N6)nc(OC[C@]56CCCN5[C@@H](COC(=O)N(C)C)CC6)nc4c3F)c12. The third kappa shape index (κ3) is 6.35. The van der Waals surface area contributed by atoms with Crippen LogP contribution in [0.2, 0.25) is 0 Å². The second kappa shape index (κ2) is 13.9. The van der Waals surface area contributed by atoms with Gasteiger partial charge in [-0.3, -0.25) is 4.90 Å². The summed E-state index contributed by atoms with van der Waals surface area (Å²) in [7, 11) is 3.34. The number of hydrogen-bond donors (Lipinski definition) is 1. The third-order valence-electron chi connectivity index (χ3n) is 11.2. The molecule has 2 bridgehead atoms. The summed E-state index contributed by atoms with van der Waals surface area (Å²) in [6.45, 7) is 6.58. The number of pyridine rings is 1. The summed E-state index contributed by atoms with van der Waals surface area (Å²) in [5.74, 6) is 1.87. The molecule has 2 unspecified atom stereocenters. The fourth-order valence-electron chi connectivity index (χ4n) is 8.83. The molecular formula is C40H45F2N7O4. The van der Waals surface area contributed by atoms with Crippen LogP contribution in [-0.4, -0.2) is 108 Å². The Morgan fingerprint density at radius 3 is 2.60 bits per heavy atom. The molecule has 53 heavy (non-hydrogen) atoms. The molecule has 4 atom stereocenters. The maximum atomic E-state index is 17.3. The lowest BCUT2D eigenvalue weighted by atomic mass is 9.95. The van der Waals surface area contributed by atoms with Gasteiger partial charge >= 0.3 is 12.1 Å². The van der Waals surface area contributed by atoms with Gasteiger partial charge in [0.1, 0.15) is 41.4 Å². The number of halogens is 2. The molecule has 8 rings (SSSR count). The van der Waals surface area contributed by atoms with Crippen molar-refractivity contribution in [3.8, 4) is 35.5 Å². The molecular weight excluding hydrogens is 680 g/mol. The molecule has 0 aliphatic carbocycles. The standard InChI is InChI=1S/C40H45F2N7O4/c1-6-28-30(41)14-11-24-9-7-10-29(31(24)28)34-33(42)35-32(37(44-34)53-23(2)3)36(48-19-25-12-13-26(20-48)43-25)46-38(45-35)52-22-40-16-8-18-49(40)27(15-17-40)21-51-39(50)47(4)5/h1,7,9-11,14,23,25-27,43H,8,12-13,15-22H2,2-5H3/t25?,26?,27-,40-/m1/s1. The van der Waals surface area contributed by atoms with E-state index in [0.29, 0.717) is 53.8 Å². The Hall–Kier alpha value is -4.80. The molecule has 1 N–H and O–H groups in total. The predicted octanol–water partition coefficient (Wildman–Crippen LogP) is 5.91. The molecule has 1 amide bonds. The highest BCUT2D eigenvalue weighted by Gasteiger charge is 2.50. The van der Waals surface area contributed by atoms with Crippen LogP contribution < -0.4 is 19.7 Å². The Labute approximate surface area is 308 Å². The van der Waals surface area contributed by atoms with Crippen LogP contribution in [0.15, 0.2) is 30.3 Å². The molecule has 4 fully saturated rings. The number of ether oxygens (including phenoxy) is 3. The number of aromatic nitrogens is 3. The van der Waals surface area contributed by atoms with Crippen molar-refractivity contribution in [2.45, 2.75) is 82.1 Å². The molecule has 11 nitrogen and oxygen atoms in total. The number of anilines is 1. The highest BCUT2D eigenvalue weighted by molar-refractivity contribution is 6.03. The lowest BCUT2D eigenvalue weighted by molar-refractivity contribution is 0.0484. The summed E-state index contributed by atoms with van der Waals surface area (Å²) in [5, 5.41) is 5.06. The van der Waals surface area contributed by atoms with E-state index in [0.717, 1.165) is 45.1 Å². The van der Waals surface area contributed by atoms with E-state index in [-0.39, 0.29) is 64.5 Å². The Balaban J connectivity index is 1.24. The van der Waals surface area contributed by atoms with Crippen molar-refractivity contribution in [2.75, 3.05) is 51.8 Å². The smallest absolute Gasteiger partial charge is 0.409 e. The molecule has 0 spiro atoms. The predicted molar refractivity (Wildman–Crippen MR) is 198 cm³/mol. The molecule has 0 radical (unpaired) electrons. The van der Waals surface area contributed by atoms with Crippen molar-refractivity contribution in [3.05, 3.63) is 47.5 Å². The first-order chi connectivity index (χ1) is 25.5. The van der Waals surface area contributed by atoms with Gasteiger partial charge in [-0.15, -0.1) is 6.42 Å². The molecule has 4 aromatic rings. The van der Waals surface area contributed by atoms with Gasteiger partial charge in [-0.1, -0.05) is 30.2 Å².